The number of likely N-dealkylation sites (tertiary alicyclic amines) is 1. The second-order valence-electron chi connectivity index (χ2n) is 6.27. The standard InChI is InChI=1S/C18H18F2N4O/c19-16-5-4-13(9-17(16)20)18-22-14(12-25-18)10-23-7-1-3-15(23)11-24-8-2-6-21-24/h2,4-6,8-9,12,15H,1,3,7,10-11H2. The molecule has 0 saturated carbocycles. The molecular formula is C18H18F2N4O. The van der Waals surface area contributed by atoms with Gasteiger partial charge in [0.05, 0.1) is 12.2 Å². The molecular weight excluding hydrogens is 326 g/mol. The quantitative estimate of drug-likeness (QED) is 0.711. The first kappa shape index (κ1) is 16.0. The maximum Gasteiger partial charge on any atom is 0.226 e. The molecule has 0 amide bonds. The van der Waals surface area contributed by atoms with Gasteiger partial charge in [-0.25, -0.2) is 13.8 Å². The largest absolute Gasteiger partial charge is 0.444 e. The zero-order valence-electron chi connectivity index (χ0n) is 13.6. The minimum Gasteiger partial charge on any atom is -0.444 e. The van der Waals surface area contributed by atoms with Gasteiger partial charge < -0.3 is 4.42 Å². The number of benzene rings is 1. The first-order chi connectivity index (χ1) is 12.2. The number of rotatable bonds is 5. The Hall–Kier alpha value is -2.54. The number of halogens is 2. The van der Waals surface area contributed by atoms with Crippen LogP contribution in [-0.4, -0.2) is 32.3 Å². The van der Waals surface area contributed by atoms with Crippen molar-refractivity contribution < 1.29 is 13.2 Å². The van der Waals surface area contributed by atoms with E-state index in [1.54, 1.807) is 12.5 Å². The van der Waals surface area contributed by atoms with Crippen molar-refractivity contribution >= 4 is 0 Å². The van der Waals surface area contributed by atoms with E-state index < -0.39 is 11.6 Å². The van der Waals surface area contributed by atoms with Crippen LogP contribution in [0.4, 0.5) is 8.78 Å². The molecule has 0 bridgehead atoms. The van der Waals surface area contributed by atoms with Crippen LogP contribution in [0.3, 0.4) is 0 Å². The maximum atomic E-state index is 13.4. The van der Waals surface area contributed by atoms with Crippen LogP contribution in [0.2, 0.25) is 0 Å². The van der Waals surface area contributed by atoms with Crippen LogP contribution in [0, 0.1) is 11.6 Å². The van der Waals surface area contributed by atoms with Gasteiger partial charge in [-0.3, -0.25) is 9.58 Å². The van der Waals surface area contributed by atoms with Crippen molar-refractivity contribution in [2.24, 2.45) is 0 Å². The Bertz CT molecular complexity index is 847. The number of oxazole rings is 1. The van der Waals surface area contributed by atoms with Gasteiger partial charge in [0.15, 0.2) is 11.6 Å². The fourth-order valence-electron chi connectivity index (χ4n) is 3.28. The lowest BCUT2D eigenvalue weighted by Crippen LogP contribution is -2.32. The smallest absolute Gasteiger partial charge is 0.226 e. The van der Waals surface area contributed by atoms with Crippen LogP contribution in [-0.2, 0) is 13.1 Å². The number of aromatic nitrogens is 3. The fourth-order valence-corrected chi connectivity index (χ4v) is 3.28. The summed E-state index contributed by atoms with van der Waals surface area (Å²) >= 11 is 0. The Morgan fingerprint density at radius 3 is 2.96 bits per heavy atom. The minimum absolute atomic E-state index is 0.303. The van der Waals surface area contributed by atoms with Crippen LogP contribution in [0.15, 0.2) is 47.3 Å². The average molecular weight is 344 g/mol. The van der Waals surface area contributed by atoms with E-state index in [0.717, 1.165) is 43.8 Å². The van der Waals surface area contributed by atoms with E-state index in [2.05, 4.69) is 15.0 Å². The summed E-state index contributed by atoms with van der Waals surface area (Å²) in [6.07, 6.45) is 7.59. The number of hydrogen-bond donors (Lipinski definition) is 0. The third kappa shape index (κ3) is 3.46. The summed E-state index contributed by atoms with van der Waals surface area (Å²) < 4.78 is 33.8. The zero-order valence-corrected chi connectivity index (χ0v) is 13.6. The molecule has 5 nitrogen and oxygen atoms in total. The van der Waals surface area contributed by atoms with Crippen LogP contribution in [0.1, 0.15) is 18.5 Å². The lowest BCUT2D eigenvalue weighted by molar-refractivity contribution is 0.217. The number of hydrogen-bond acceptors (Lipinski definition) is 4. The zero-order chi connectivity index (χ0) is 17.2. The molecule has 0 aliphatic carbocycles. The summed E-state index contributed by atoms with van der Waals surface area (Å²) in [5, 5.41) is 4.27. The minimum atomic E-state index is -0.906. The Kier molecular flexibility index (Phi) is 4.31. The van der Waals surface area contributed by atoms with Gasteiger partial charge in [0.2, 0.25) is 5.89 Å². The molecule has 1 aliphatic rings. The van der Waals surface area contributed by atoms with Gasteiger partial charge in [0.1, 0.15) is 6.26 Å². The Morgan fingerprint density at radius 1 is 1.24 bits per heavy atom. The van der Waals surface area contributed by atoms with E-state index >= 15 is 0 Å². The van der Waals surface area contributed by atoms with E-state index in [9.17, 15) is 8.78 Å². The molecule has 0 spiro atoms. The molecule has 1 unspecified atom stereocenters. The summed E-state index contributed by atoms with van der Waals surface area (Å²) in [4.78, 5) is 6.78. The third-order valence-electron chi connectivity index (χ3n) is 4.54. The van der Waals surface area contributed by atoms with Crippen molar-refractivity contribution in [3.05, 3.63) is 60.3 Å². The van der Waals surface area contributed by atoms with Gasteiger partial charge in [-0.15, -0.1) is 0 Å². The van der Waals surface area contributed by atoms with Crippen LogP contribution < -0.4 is 0 Å². The normalized spacial score (nSPS) is 18.1. The fraction of sp³-hybridized carbons (Fsp3) is 0.333. The molecule has 3 heterocycles. The third-order valence-corrected chi connectivity index (χ3v) is 4.54. The Morgan fingerprint density at radius 2 is 2.16 bits per heavy atom. The second-order valence-corrected chi connectivity index (χ2v) is 6.27. The molecule has 7 heteroatoms. The first-order valence-corrected chi connectivity index (χ1v) is 8.30. The molecule has 1 fully saturated rings. The molecule has 0 N–H and O–H groups in total. The van der Waals surface area contributed by atoms with Gasteiger partial charge >= 0.3 is 0 Å². The molecule has 130 valence electrons. The van der Waals surface area contributed by atoms with Crippen molar-refractivity contribution in [2.45, 2.75) is 32.0 Å². The summed E-state index contributed by atoms with van der Waals surface area (Å²) in [5.74, 6) is -1.48. The molecule has 1 aromatic carbocycles. The molecule has 4 rings (SSSR count). The van der Waals surface area contributed by atoms with Gasteiger partial charge in [-0.2, -0.15) is 5.10 Å². The summed E-state index contributed by atoms with van der Waals surface area (Å²) in [6.45, 7) is 2.51. The van der Waals surface area contributed by atoms with Crippen molar-refractivity contribution in [3.63, 3.8) is 0 Å². The topological polar surface area (TPSA) is 47.1 Å². The molecule has 1 aliphatic heterocycles. The Balaban J connectivity index is 1.46. The summed E-state index contributed by atoms with van der Waals surface area (Å²) in [7, 11) is 0. The van der Waals surface area contributed by atoms with Gasteiger partial charge in [-0.05, 0) is 43.7 Å². The van der Waals surface area contributed by atoms with Crippen molar-refractivity contribution in [1.82, 2.24) is 19.7 Å². The van der Waals surface area contributed by atoms with Gasteiger partial charge in [0, 0.05) is 30.5 Å². The first-order valence-electron chi connectivity index (χ1n) is 8.30. The molecule has 1 saturated heterocycles. The average Bonchev–Trinajstić information content (AvgIpc) is 3.34. The molecule has 25 heavy (non-hydrogen) atoms. The molecule has 1 atom stereocenters. The van der Waals surface area contributed by atoms with Crippen molar-refractivity contribution in [3.8, 4) is 11.5 Å². The van der Waals surface area contributed by atoms with E-state index in [0.29, 0.717) is 24.0 Å². The van der Waals surface area contributed by atoms with Crippen molar-refractivity contribution in [2.75, 3.05) is 6.54 Å². The lowest BCUT2D eigenvalue weighted by Gasteiger charge is -2.23. The Labute approximate surface area is 143 Å². The highest BCUT2D eigenvalue weighted by atomic mass is 19.2. The van der Waals surface area contributed by atoms with Crippen LogP contribution in [0.25, 0.3) is 11.5 Å². The second kappa shape index (κ2) is 6.76. The number of nitrogens with zero attached hydrogens (tertiary/aromatic N) is 4. The molecule has 0 radical (unpaired) electrons. The molecule has 3 aromatic rings. The van der Waals surface area contributed by atoms with E-state index in [4.69, 9.17) is 4.42 Å². The summed E-state index contributed by atoms with van der Waals surface area (Å²) in [5.41, 5.74) is 1.21. The van der Waals surface area contributed by atoms with E-state index in [1.807, 2.05) is 16.9 Å². The van der Waals surface area contributed by atoms with E-state index in [1.165, 1.54) is 6.07 Å². The highest BCUT2D eigenvalue weighted by molar-refractivity contribution is 5.53. The SMILES string of the molecule is Fc1ccc(-c2nc(CN3CCCC3Cn3cccn3)co2)cc1F. The molecule has 2 aromatic heterocycles. The van der Waals surface area contributed by atoms with E-state index in [-0.39, 0.29) is 0 Å². The van der Waals surface area contributed by atoms with Crippen LogP contribution >= 0.6 is 0 Å². The highest BCUT2D eigenvalue weighted by Gasteiger charge is 2.26. The van der Waals surface area contributed by atoms with Crippen molar-refractivity contribution in [1.29, 1.82) is 0 Å². The van der Waals surface area contributed by atoms with Gasteiger partial charge in [0.25, 0.3) is 0 Å². The predicted molar refractivity (Wildman–Crippen MR) is 87.5 cm³/mol. The predicted octanol–water partition coefficient (Wildman–Crippen LogP) is 3.48. The lowest BCUT2D eigenvalue weighted by atomic mass is 10.2. The monoisotopic (exact) mass is 344 g/mol. The van der Waals surface area contributed by atoms with Crippen LogP contribution in [0.5, 0.6) is 0 Å². The highest BCUT2D eigenvalue weighted by Crippen LogP contribution is 2.24. The summed E-state index contributed by atoms with van der Waals surface area (Å²) in [6, 6.07) is 5.97. The van der Waals surface area contributed by atoms with Gasteiger partial charge in [-0.1, -0.05) is 0 Å². The maximum absolute atomic E-state index is 13.4.